The molecule has 4 aliphatic carbocycles. The second kappa shape index (κ2) is 28.4. The van der Waals surface area contributed by atoms with Crippen molar-refractivity contribution in [2.45, 2.75) is 60.8 Å². The van der Waals surface area contributed by atoms with E-state index < -0.39 is 21.7 Å². The monoisotopic (exact) mass is 1720 g/mol. The number of benzene rings is 20. The van der Waals surface area contributed by atoms with Gasteiger partial charge in [0.2, 0.25) is 0 Å². The van der Waals surface area contributed by atoms with Crippen molar-refractivity contribution in [1.82, 2.24) is 0 Å². The molecule has 0 N–H and O–H groups in total. The minimum absolute atomic E-state index is 0.579. The highest BCUT2D eigenvalue weighted by atomic mass is 32.2. The Bertz CT molecular complexity index is 7900. The molecule has 1 atom stereocenters. The minimum Gasteiger partial charge on any atom is -0.310 e. The van der Waals surface area contributed by atoms with E-state index in [1.807, 2.05) is 47.0 Å². The van der Waals surface area contributed by atoms with Gasteiger partial charge in [-0.1, -0.05) is 393 Å². The number of rotatable bonds is 9. The summed E-state index contributed by atoms with van der Waals surface area (Å²) in [5.74, 6) is 0. The van der Waals surface area contributed by atoms with E-state index in [0.29, 0.717) is 0 Å². The van der Waals surface area contributed by atoms with Gasteiger partial charge in [-0.15, -0.1) is 0 Å². The molecule has 0 aromatic heterocycles. The van der Waals surface area contributed by atoms with E-state index in [1.165, 1.54) is 189 Å². The lowest BCUT2D eigenvalue weighted by Gasteiger charge is -2.41. The number of nitrogens with zero attached hydrogens (tertiary/aromatic N) is 2. The minimum atomic E-state index is -0.765. The van der Waals surface area contributed by atoms with Crippen LogP contribution in [-0.2, 0) is 21.7 Å². The van der Waals surface area contributed by atoms with Crippen molar-refractivity contribution >= 4 is 81.2 Å². The number of fused-ring (bicyclic) bond motifs is 36. The van der Waals surface area contributed by atoms with Crippen LogP contribution in [0, 0.1) is 0 Å². The summed E-state index contributed by atoms with van der Waals surface area (Å²) >= 11 is 7.60. The van der Waals surface area contributed by atoms with Crippen molar-refractivity contribution in [3.63, 3.8) is 0 Å². The predicted octanol–water partition coefficient (Wildman–Crippen LogP) is 32.9. The quantitative estimate of drug-likeness (QED) is 0.141. The summed E-state index contributed by atoms with van der Waals surface area (Å²) in [7, 11) is 0. The van der Waals surface area contributed by atoms with Gasteiger partial charge in [-0.05, 0) is 277 Å². The summed E-state index contributed by atoms with van der Waals surface area (Å²) in [5, 5.41) is 0. The first-order valence-electron chi connectivity index (χ1n) is 44.9. The number of hydrogen-bond donors (Lipinski definition) is 0. The predicted molar refractivity (Wildman–Crippen MR) is 538 cm³/mol. The van der Waals surface area contributed by atoms with E-state index in [-0.39, 0.29) is 0 Å². The average Bonchev–Trinajstić information content (AvgIpc) is 1.41. The van der Waals surface area contributed by atoms with Gasteiger partial charge in [0.1, 0.15) is 0 Å². The van der Waals surface area contributed by atoms with Crippen LogP contribution in [0.4, 0.5) is 34.1 Å². The first-order chi connectivity index (χ1) is 64.4. The molecule has 0 saturated carbocycles. The maximum atomic E-state index is 2.63. The van der Waals surface area contributed by atoms with E-state index in [9.17, 15) is 0 Å². The molecule has 8 aliphatic rings. The van der Waals surface area contributed by atoms with E-state index in [2.05, 4.69) is 471 Å². The molecule has 4 spiro atoms. The zero-order valence-electron chi connectivity index (χ0n) is 70.4. The lowest BCUT2D eigenvalue weighted by molar-refractivity contribution is 0.721. The molecule has 20 aromatic carbocycles. The fraction of sp³-hybridized carbons (Fsp3) is 0.0323. The van der Waals surface area contributed by atoms with Crippen LogP contribution in [-0.4, -0.2) is 0 Å². The van der Waals surface area contributed by atoms with Crippen LogP contribution in [0.1, 0.15) is 89.0 Å². The standard InChI is InChI=1S/C124H76N2S4/c1-3-30-77(31-4-1)78-58-61-81(62-59-78)125(82-63-67-91-87-34-7-11-39-96(87)121(108(91)73-82)100-43-15-22-51-113(100)127-114-52-23-16-44-101(114)121)83-64-68-94-90-37-10-14-42-99(90)124(111(94)74-83)106-49-21-28-57-119(106)130-120-86(38-29-50-107(120)124)80-60-71-112(95(72-80)79-32-5-2-6-33-79)126(84-65-69-92-88-35-8-12-40-97(88)122(109(92)75-84)102-45-17-24-53-115(102)128-116-54-25-18-46-103(116)122)85-66-70-93-89-36-9-13-41-98(89)123(110(93)76-85)104-47-19-26-55-117(104)129-118-56-27-20-48-105(118)123/h1-76H. The first kappa shape index (κ1) is 74.5. The molecule has 0 saturated heterocycles. The van der Waals surface area contributed by atoms with E-state index in [4.69, 9.17) is 0 Å². The Morgan fingerprint density at radius 2 is 0.392 bits per heavy atom. The first-order valence-corrected chi connectivity index (χ1v) is 48.2. The molecule has 4 heterocycles. The summed E-state index contributed by atoms with van der Waals surface area (Å²) in [5.41, 5.74) is 41.6. The van der Waals surface area contributed by atoms with Gasteiger partial charge in [0.25, 0.3) is 0 Å². The highest BCUT2D eigenvalue weighted by molar-refractivity contribution is 8.00. The molecule has 130 heavy (non-hydrogen) atoms. The lowest BCUT2D eigenvalue weighted by atomic mass is 9.67. The number of anilines is 6. The Balaban J connectivity index is 0.661. The van der Waals surface area contributed by atoms with Gasteiger partial charge in [-0.3, -0.25) is 0 Å². The number of hydrogen-bond acceptors (Lipinski definition) is 6. The third-order valence-electron chi connectivity index (χ3n) is 29.3. The van der Waals surface area contributed by atoms with E-state index in [1.54, 1.807) is 0 Å². The molecule has 0 fully saturated rings. The fourth-order valence-electron chi connectivity index (χ4n) is 24.3. The maximum absolute atomic E-state index is 2.63. The molecule has 6 heteroatoms. The highest BCUT2D eigenvalue weighted by Gasteiger charge is 2.56. The molecule has 4 aliphatic heterocycles. The molecule has 606 valence electrons. The van der Waals surface area contributed by atoms with Gasteiger partial charge in [0, 0.05) is 73.2 Å². The maximum Gasteiger partial charge on any atom is 0.0736 e. The second-order valence-electron chi connectivity index (χ2n) is 35.3. The van der Waals surface area contributed by atoms with Crippen LogP contribution in [0.15, 0.2) is 500 Å². The summed E-state index contributed by atoms with van der Waals surface area (Å²) in [4.78, 5) is 15.3. The van der Waals surface area contributed by atoms with Gasteiger partial charge in [-0.25, -0.2) is 0 Å². The summed E-state index contributed by atoms with van der Waals surface area (Å²) in [6, 6.07) is 177. The van der Waals surface area contributed by atoms with E-state index in [0.717, 1.165) is 50.8 Å². The Morgan fingerprint density at radius 3 is 0.754 bits per heavy atom. The smallest absolute Gasteiger partial charge is 0.0736 e. The Kier molecular flexibility index (Phi) is 16.3. The third kappa shape index (κ3) is 10.2. The van der Waals surface area contributed by atoms with Crippen molar-refractivity contribution in [1.29, 1.82) is 0 Å². The molecular formula is C124H76N2S4. The third-order valence-corrected chi connectivity index (χ3v) is 34.0. The highest BCUT2D eigenvalue weighted by Crippen LogP contribution is 2.70. The fourth-order valence-corrected chi connectivity index (χ4v) is 29.2. The zero-order chi connectivity index (χ0) is 85.1. The van der Waals surface area contributed by atoms with Gasteiger partial charge >= 0.3 is 0 Å². The Morgan fingerprint density at radius 1 is 0.138 bits per heavy atom. The van der Waals surface area contributed by atoms with Crippen LogP contribution in [0.25, 0.3) is 77.9 Å². The van der Waals surface area contributed by atoms with Crippen molar-refractivity contribution in [3.05, 3.63) is 550 Å². The van der Waals surface area contributed by atoms with Crippen molar-refractivity contribution < 1.29 is 0 Å². The molecule has 28 rings (SSSR count). The van der Waals surface area contributed by atoms with Gasteiger partial charge in [-0.2, -0.15) is 0 Å². The average molecular weight is 1720 g/mol. The van der Waals surface area contributed by atoms with Crippen LogP contribution >= 0.6 is 47.0 Å². The molecule has 0 radical (unpaired) electrons. The molecule has 2 nitrogen and oxygen atoms in total. The summed E-state index contributed by atoms with van der Waals surface area (Å²) < 4.78 is 0. The van der Waals surface area contributed by atoms with Gasteiger partial charge in [0.15, 0.2) is 0 Å². The normalized spacial score (nSPS) is 15.5. The SMILES string of the molecule is c1ccc(-c2ccc(N(c3ccc4c(c3)C3(c5ccccc5Sc5ccccc53)c3ccccc3-4)c3ccc4c(c3)C3(c5ccccc5Sc5c(-c6ccc(N(c7ccc8c(c7)C7(c9ccccc9Sc9ccccc97)c7ccccc7-8)c7ccc8c(c7)C7(c9ccccc9Sc9ccccc97)c7ccccc7-8)c(-c7ccccc7)c6)cccc53)c3ccccc3-4)cc2)cc1. The molecule has 20 aromatic rings. The van der Waals surface area contributed by atoms with Crippen molar-refractivity contribution in [3.8, 4) is 77.9 Å². The topological polar surface area (TPSA) is 6.48 Å². The molecular weight excluding hydrogens is 1650 g/mol. The molecule has 1 unspecified atom stereocenters. The Hall–Kier alpha value is -14.6. The van der Waals surface area contributed by atoms with Crippen molar-refractivity contribution in [2.75, 3.05) is 9.80 Å². The summed E-state index contributed by atoms with van der Waals surface area (Å²) in [6.45, 7) is 0. The summed E-state index contributed by atoms with van der Waals surface area (Å²) in [6.07, 6.45) is 0. The zero-order valence-corrected chi connectivity index (χ0v) is 73.7. The van der Waals surface area contributed by atoms with Crippen LogP contribution in [0.5, 0.6) is 0 Å². The van der Waals surface area contributed by atoms with Gasteiger partial charge < -0.3 is 9.80 Å². The van der Waals surface area contributed by atoms with Crippen LogP contribution < -0.4 is 9.80 Å². The lowest BCUT2D eigenvalue weighted by Crippen LogP contribution is -2.32. The molecule has 0 bridgehead atoms. The van der Waals surface area contributed by atoms with Crippen LogP contribution in [0.3, 0.4) is 0 Å². The largest absolute Gasteiger partial charge is 0.310 e. The van der Waals surface area contributed by atoms with Gasteiger partial charge in [0.05, 0.1) is 27.3 Å². The van der Waals surface area contributed by atoms with Crippen LogP contribution in [0.2, 0.25) is 0 Å². The second-order valence-corrected chi connectivity index (χ2v) is 39.7. The van der Waals surface area contributed by atoms with Crippen molar-refractivity contribution in [2.24, 2.45) is 0 Å². The Labute approximate surface area is 773 Å². The van der Waals surface area contributed by atoms with E-state index >= 15 is 0 Å². The molecule has 0 amide bonds.